The first-order valence-electron chi connectivity index (χ1n) is 6.75. The van der Waals surface area contributed by atoms with Gasteiger partial charge >= 0.3 is 0 Å². The monoisotopic (exact) mass is 357 g/mol. The number of rotatable bonds is 3. The Kier molecular flexibility index (Phi) is 3.63. The Morgan fingerprint density at radius 1 is 1.21 bits per heavy atom. The van der Waals surface area contributed by atoms with Gasteiger partial charge in [0.25, 0.3) is 5.91 Å². The molecule has 10 heteroatoms. The first-order valence-corrected chi connectivity index (χ1v) is 8.01. The molecule has 0 aliphatic carbocycles. The number of pyridine rings is 1. The third-order valence-corrected chi connectivity index (χ3v) is 4.22. The molecular weight excluding hydrogens is 350 g/mol. The third-order valence-electron chi connectivity index (χ3n) is 3.13. The number of aromatic nitrogens is 6. The predicted octanol–water partition coefficient (Wildman–Crippen LogP) is 2.57. The van der Waals surface area contributed by atoms with E-state index >= 15 is 0 Å². The summed E-state index contributed by atoms with van der Waals surface area (Å²) < 4.78 is 0.784. The molecule has 1 N–H and O–H groups in total. The molecule has 0 saturated heterocycles. The first-order chi connectivity index (χ1) is 11.7. The Hall–Kier alpha value is -2.91. The zero-order chi connectivity index (χ0) is 16.5. The lowest BCUT2D eigenvalue weighted by atomic mass is 10.2. The molecule has 24 heavy (non-hydrogen) atoms. The zero-order valence-corrected chi connectivity index (χ0v) is 13.5. The van der Waals surface area contributed by atoms with Crippen LogP contribution in [0.3, 0.4) is 0 Å². The van der Waals surface area contributed by atoms with Crippen LogP contribution in [0.15, 0.2) is 42.2 Å². The van der Waals surface area contributed by atoms with Gasteiger partial charge in [0.2, 0.25) is 5.28 Å². The lowest BCUT2D eigenvalue weighted by Crippen LogP contribution is -2.14. The minimum absolute atomic E-state index is 0.0971. The van der Waals surface area contributed by atoms with Crippen molar-refractivity contribution in [3.63, 3.8) is 0 Å². The summed E-state index contributed by atoms with van der Waals surface area (Å²) in [6.45, 7) is 0. The number of anilines is 1. The van der Waals surface area contributed by atoms with Crippen LogP contribution in [0.25, 0.3) is 16.0 Å². The van der Waals surface area contributed by atoms with Crippen molar-refractivity contribution in [2.45, 2.75) is 0 Å². The molecule has 0 aromatic carbocycles. The number of carbonyl (C=O) groups excluding carboxylic acids is 1. The number of amides is 1. The van der Waals surface area contributed by atoms with E-state index in [1.54, 1.807) is 42.2 Å². The summed E-state index contributed by atoms with van der Waals surface area (Å²) in [5, 5.41) is 12.6. The summed E-state index contributed by atoms with van der Waals surface area (Å²) in [6.07, 6.45) is 4.69. The summed E-state index contributed by atoms with van der Waals surface area (Å²) in [4.78, 5) is 26.2. The molecule has 118 valence electrons. The van der Waals surface area contributed by atoms with Gasteiger partial charge in [0, 0.05) is 11.6 Å². The molecule has 0 aliphatic heterocycles. The van der Waals surface area contributed by atoms with Gasteiger partial charge in [-0.3, -0.25) is 4.79 Å². The van der Waals surface area contributed by atoms with E-state index in [0.29, 0.717) is 22.7 Å². The summed E-state index contributed by atoms with van der Waals surface area (Å²) in [5.41, 5.74) is 0.936. The van der Waals surface area contributed by atoms with Crippen LogP contribution >= 0.6 is 22.9 Å². The van der Waals surface area contributed by atoms with Gasteiger partial charge in [-0.05, 0) is 23.7 Å². The zero-order valence-electron chi connectivity index (χ0n) is 11.9. The van der Waals surface area contributed by atoms with Crippen LogP contribution in [0.4, 0.5) is 5.82 Å². The highest BCUT2D eigenvalue weighted by Gasteiger charge is 2.15. The standard InChI is InChI=1S/C14H8ClN7OS/c15-14-16-6-9-12(21-14)8(7-24-9)13(23)20-10-2-1-3-11(19-10)22-17-4-5-18-22/h1-7H,(H,19,20,23). The molecular formula is C14H8ClN7OS. The quantitative estimate of drug-likeness (QED) is 0.566. The van der Waals surface area contributed by atoms with Gasteiger partial charge in [-0.1, -0.05) is 6.07 Å². The van der Waals surface area contributed by atoms with Crippen LogP contribution in [0.1, 0.15) is 10.4 Å². The molecule has 4 heterocycles. The SMILES string of the molecule is O=C(Nc1cccc(-n2nccn2)n1)c1csc2cnc(Cl)nc12. The van der Waals surface area contributed by atoms with Crippen molar-refractivity contribution >= 4 is 44.9 Å². The van der Waals surface area contributed by atoms with Gasteiger partial charge < -0.3 is 5.32 Å². The topological polar surface area (TPSA) is 98.5 Å². The molecule has 1 amide bonds. The second-order valence-corrected chi connectivity index (χ2v) is 5.90. The van der Waals surface area contributed by atoms with Gasteiger partial charge in [0.05, 0.1) is 28.2 Å². The molecule has 0 radical (unpaired) electrons. The Bertz CT molecular complexity index is 1030. The van der Waals surface area contributed by atoms with Gasteiger partial charge in [0.1, 0.15) is 5.82 Å². The Morgan fingerprint density at radius 3 is 2.88 bits per heavy atom. The molecule has 4 rings (SSSR count). The fourth-order valence-corrected chi connectivity index (χ4v) is 3.07. The summed E-state index contributed by atoms with van der Waals surface area (Å²) in [7, 11) is 0. The van der Waals surface area contributed by atoms with Crippen molar-refractivity contribution in [2.24, 2.45) is 0 Å². The lowest BCUT2D eigenvalue weighted by Gasteiger charge is -2.05. The Labute approximate surface area is 144 Å². The fourth-order valence-electron chi connectivity index (χ4n) is 2.09. The maximum Gasteiger partial charge on any atom is 0.259 e. The van der Waals surface area contributed by atoms with Gasteiger partial charge in [-0.15, -0.1) is 16.1 Å². The number of hydrogen-bond acceptors (Lipinski definition) is 7. The van der Waals surface area contributed by atoms with E-state index in [4.69, 9.17) is 11.6 Å². The molecule has 0 unspecified atom stereocenters. The number of nitrogens with zero attached hydrogens (tertiary/aromatic N) is 6. The largest absolute Gasteiger partial charge is 0.306 e. The van der Waals surface area contributed by atoms with Crippen LogP contribution in [-0.2, 0) is 0 Å². The van der Waals surface area contributed by atoms with Crippen LogP contribution < -0.4 is 5.32 Å². The molecule has 4 aromatic rings. The minimum atomic E-state index is -0.325. The molecule has 0 spiro atoms. The van der Waals surface area contributed by atoms with Crippen LogP contribution in [0, 0.1) is 0 Å². The van der Waals surface area contributed by atoms with Gasteiger partial charge in [0.15, 0.2) is 5.82 Å². The summed E-state index contributed by atoms with van der Waals surface area (Å²) in [6, 6.07) is 5.18. The Morgan fingerprint density at radius 2 is 2.04 bits per heavy atom. The normalized spacial score (nSPS) is 10.9. The number of carbonyl (C=O) groups is 1. The fraction of sp³-hybridized carbons (Fsp3) is 0. The lowest BCUT2D eigenvalue weighted by molar-refractivity contribution is 0.102. The smallest absolute Gasteiger partial charge is 0.259 e. The third kappa shape index (κ3) is 2.70. The highest BCUT2D eigenvalue weighted by atomic mass is 35.5. The van der Waals surface area contributed by atoms with Crippen molar-refractivity contribution < 1.29 is 4.79 Å². The van der Waals surface area contributed by atoms with Crippen molar-refractivity contribution in [2.75, 3.05) is 5.32 Å². The number of fused-ring (bicyclic) bond motifs is 1. The highest BCUT2D eigenvalue weighted by molar-refractivity contribution is 7.17. The predicted molar refractivity (Wildman–Crippen MR) is 89.5 cm³/mol. The summed E-state index contributed by atoms with van der Waals surface area (Å²) in [5.74, 6) is 0.557. The number of halogens is 1. The second kappa shape index (κ2) is 5.95. The van der Waals surface area contributed by atoms with E-state index in [2.05, 4.69) is 30.5 Å². The van der Waals surface area contributed by atoms with Gasteiger partial charge in [-0.2, -0.15) is 10.2 Å². The van der Waals surface area contributed by atoms with Crippen LogP contribution in [-0.4, -0.2) is 35.9 Å². The Balaban J connectivity index is 1.64. The van der Waals surface area contributed by atoms with E-state index in [9.17, 15) is 4.79 Å². The molecule has 0 aliphatic rings. The van der Waals surface area contributed by atoms with E-state index in [-0.39, 0.29) is 11.2 Å². The van der Waals surface area contributed by atoms with Crippen molar-refractivity contribution in [1.29, 1.82) is 0 Å². The molecule has 0 fully saturated rings. The van der Waals surface area contributed by atoms with Crippen LogP contribution in [0.5, 0.6) is 0 Å². The van der Waals surface area contributed by atoms with Gasteiger partial charge in [-0.25, -0.2) is 15.0 Å². The van der Waals surface area contributed by atoms with E-state index in [0.717, 1.165) is 4.70 Å². The summed E-state index contributed by atoms with van der Waals surface area (Å²) >= 11 is 7.19. The number of nitrogens with one attached hydrogen (secondary N) is 1. The number of hydrogen-bond donors (Lipinski definition) is 1. The maximum atomic E-state index is 12.5. The van der Waals surface area contributed by atoms with Crippen molar-refractivity contribution in [1.82, 2.24) is 29.9 Å². The highest BCUT2D eigenvalue weighted by Crippen LogP contribution is 2.25. The van der Waals surface area contributed by atoms with E-state index in [1.807, 2.05) is 0 Å². The average Bonchev–Trinajstić information content (AvgIpc) is 3.24. The van der Waals surface area contributed by atoms with E-state index < -0.39 is 0 Å². The average molecular weight is 358 g/mol. The van der Waals surface area contributed by atoms with Crippen molar-refractivity contribution in [3.8, 4) is 5.82 Å². The van der Waals surface area contributed by atoms with Crippen molar-refractivity contribution in [3.05, 3.63) is 53.0 Å². The maximum absolute atomic E-state index is 12.5. The molecule has 0 saturated carbocycles. The molecule has 4 aromatic heterocycles. The van der Waals surface area contributed by atoms with Crippen LogP contribution in [0.2, 0.25) is 5.28 Å². The number of thiophene rings is 1. The van der Waals surface area contributed by atoms with E-state index in [1.165, 1.54) is 16.1 Å². The molecule has 0 atom stereocenters. The molecule has 8 nitrogen and oxygen atoms in total. The minimum Gasteiger partial charge on any atom is -0.306 e. The molecule has 0 bridgehead atoms. The second-order valence-electron chi connectivity index (χ2n) is 4.65. The first kappa shape index (κ1) is 14.7.